The van der Waals surface area contributed by atoms with Crippen molar-refractivity contribution in [2.75, 3.05) is 26.7 Å². The topological polar surface area (TPSA) is 44.4 Å². The summed E-state index contributed by atoms with van der Waals surface area (Å²) in [6, 6.07) is 1.27. The second-order valence-corrected chi connectivity index (χ2v) is 5.33. The maximum Gasteiger partial charge on any atom is 0.234 e. The fourth-order valence-corrected chi connectivity index (χ4v) is 2.68. The third-order valence-electron chi connectivity index (χ3n) is 3.77. The summed E-state index contributed by atoms with van der Waals surface area (Å²) in [6.07, 6.45) is 6.10. The predicted octanol–water partition coefficient (Wildman–Crippen LogP) is 1.37. The van der Waals surface area contributed by atoms with E-state index in [-0.39, 0.29) is 5.91 Å². The summed E-state index contributed by atoms with van der Waals surface area (Å²) >= 11 is 0. The lowest BCUT2D eigenvalue weighted by Gasteiger charge is -2.34. The molecule has 0 aromatic carbocycles. The van der Waals surface area contributed by atoms with Gasteiger partial charge >= 0.3 is 0 Å². The lowest BCUT2D eigenvalue weighted by Crippen LogP contribution is -2.44. The molecule has 1 aliphatic rings. The summed E-state index contributed by atoms with van der Waals surface area (Å²) in [5.41, 5.74) is 0. The molecule has 1 fully saturated rings. The third kappa shape index (κ3) is 5.36. The normalized spacial score (nSPS) is 24.2. The van der Waals surface area contributed by atoms with Crippen LogP contribution in [0.1, 0.15) is 46.0 Å². The van der Waals surface area contributed by atoms with Crippen LogP contribution in [0.2, 0.25) is 0 Å². The Kier molecular flexibility index (Phi) is 7.28. The van der Waals surface area contributed by atoms with Crippen molar-refractivity contribution in [2.45, 2.75) is 58.0 Å². The molecule has 0 radical (unpaired) electrons. The average molecular weight is 255 g/mol. The van der Waals surface area contributed by atoms with Gasteiger partial charge in [0, 0.05) is 18.6 Å². The summed E-state index contributed by atoms with van der Waals surface area (Å²) in [4.78, 5) is 13.7. The van der Waals surface area contributed by atoms with Crippen LogP contribution in [0.3, 0.4) is 0 Å². The molecular weight excluding hydrogens is 226 g/mol. The van der Waals surface area contributed by atoms with Gasteiger partial charge in [-0.05, 0) is 52.6 Å². The van der Waals surface area contributed by atoms with Gasteiger partial charge in [-0.3, -0.25) is 9.69 Å². The van der Waals surface area contributed by atoms with Crippen LogP contribution < -0.4 is 10.6 Å². The van der Waals surface area contributed by atoms with Crippen molar-refractivity contribution in [1.82, 2.24) is 15.5 Å². The number of amides is 1. The fourth-order valence-electron chi connectivity index (χ4n) is 2.68. The van der Waals surface area contributed by atoms with Gasteiger partial charge in [0.1, 0.15) is 0 Å². The largest absolute Gasteiger partial charge is 0.355 e. The number of likely N-dealkylation sites (N-methyl/N-ethyl adjacent to an activating group) is 2. The van der Waals surface area contributed by atoms with E-state index in [2.05, 4.69) is 29.5 Å². The van der Waals surface area contributed by atoms with E-state index in [0.29, 0.717) is 18.6 Å². The van der Waals surface area contributed by atoms with Gasteiger partial charge in [-0.15, -0.1) is 0 Å². The smallest absolute Gasteiger partial charge is 0.234 e. The summed E-state index contributed by atoms with van der Waals surface area (Å²) in [6.45, 7) is 6.55. The number of hydrogen-bond donors (Lipinski definition) is 2. The van der Waals surface area contributed by atoms with E-state index in [0.717, 1.165) is 13.1 Å². The first kappa shape index (κ1) is 15.4. The molecule has 4 nitrogen and oxygen atoms in total. The molecule has 0 heterocycles. The molecule has 1 aliphatic carbocycles. The zero-order valence-electron chi connectivity index (χ0n) is 12.2. The van der Waals surface area contributed by atoms with Crippen molar-refractivity contribution >= 4 is 5.91 Å². The van der Waals surface area contributed by atoms with E-state index in [1.165, 1.54) is 32.1 Å². The van der Waals surface area contributed by atoms with Crippen LogP contribution in [-0.4, -0.2) is 49.6 Å². The molecular formula is C14H29N3O. The van der Waals surface area contributed by atoms with Crippen LogP contribution in [0.25, 0.3) is 0 Å². The van der Waals surface area contributed by atoms with E-state index >= 15 is 0 Å². The standard InChI is InChI=1S/C14H29N3O/c1-4-10-16-12-6-8-13(9-7-12)17(3)11-14(18)15-5-2/h12-13,16H,4-11H2,1-3H3,(H,15,18). The fraction of sp³-hybridized carbons (Fsp3) is 0.929. The van der Waals surface area contributed by atoms with Crippen LogP contribution in [0.4, 0.5) is 0 Å². The SMILES string of the molecule is CCCNC1CCC(N(C)CC(=O)NCC)CC1. The maximum absolute atomic E-state index is 11.5. The molecule has 106 valence electrons. The molecule has 0 unspecified atom stereocenters. The molecule has 0 atom stereocenters. The Balaban J connectivity index is 2.22. The minimum absolute atomic E-state index is 0.145. The van der Waals surface area contributed by atoms with Gasteiger partial charge < -0.3 is 10.6 Å². The first-order valence-electron chi connectivity index (χ1n) is 7.37. The molecule has 0 saturated heterocycles. The van der Waals surface area contributed by atoms with Crippen LogP contribution >= 0.6 is 0 Å². The van der Waals surface area contributed by atoms with Crippen LogP contribution in [-0.2, 0) is 4.79 Å². The van der Waals surface area contributed by atoms with Crippen molar-refractivity contribution in [3.8, 4) is 0 Å². The molecule has 0 aliphatic heterocycles. The Labute approximate surface area is 111 Å². The summed E-state index contributed by atoms with van der Waals surface area (Å²) in [5, 5.41) is 6.45. The molecule has 2 N–H and O–H groups in total. The molecule has 0 bridgehead atoms. The van der Waals surface area contributed by atoms with Crippen LogP contribution in [0.15, 0.2) is 0 Å². The molecule has 1 amide bonds. The highest BCUT2D eigenvalue weighted by Crippen LogP contribution is 2.22. The van der Waals surface area contributed by atoms with Gasteiger partial charge in [-0.25, -0.2) is 0 Å². The summed E-state index contributed by atoms with van der Waals surface area (Å²) in [5.74, 6) is 0.145. The van der Waals surface area contributed by atoms with Gasteiger partial charge in [0.05, 0.1) is 6.54 Å². The average Bonchev–Trinajstić information content (AvgIpc) is 2.37. The van der Waals surface area contributed by atoms with Crippen molar-refractivity contribution in [2.24, 2.45) is 0 Å². The van der Waals surface area contributed by atoms with Gasteiger partial charge in [-0.2, -0.15) is 0 Å². The Bertz CT molecular complexity index is 237. The lowest BCUT2D eigenvalue weighted by atomic mass is 9.90. The predicted molar refractivity (Wildman–Crippen MR) is 75.7 cm³/mol. The molecule has 0 aromatic heterocycles. The van der Waals surface area contributed by atoms with Gasteiger partial charge in [-0.1, -0.05) is 6.92 Å². The minimum Gasteiger partial charge on any atom is -0.355 e. The second-order valence-electron chi connectivity index (χ2n) is 5.33. The number of rotatable bonds is 7. The van der Waals surface area contributed by atoms with Crippen molar-refractivity contribution < 1.29 is 4.79 Å². The van der Waals surface area contributed by atoms with Crippen LogP contribution in [0.5, 0.6) is 0 Å². The van der Waals surface area contributed by atoms with Crippen molar-refractivity contribution in [3.05, 3.63) is 0 Å². The Morgan fingerprint density at radius 3 is 2.44 bits per heavy atom. The number of carbonyl (C=O) groups is 1. The van der Waals surface area contributed by atoms with E-state index in [1.807, 2.05) is 6.92 Å². The lowest BCUT2D eigenvalue weighted by molar-refractivity contribution is -0.122. The Morgan fingerprint density at radius 1 is 1.22 bits per heavy atom. The minimum atomic E-state index is 0.145. The first-order valence-corrected chi connectivity index (χ1v) is 7.37. The number of hydrogen-bond acceptors (Lipinski definition) is 3. The molecule has 1 saturated carbocycles. The molecule has 4 heteroatoms. The third-order valence-corrected chi connectivity index (χ3v) is 3.77. The molecule has 0 spiro atoms. The van der Waals surface area contributed by atoms with E-state index < -0.39 is 0 Å². The van der Waals surface area contributed by atoms with Crippen LogP contribution in [0, 0.1) is 0 Å². The van der Waals surface area contributed by atoms with E-state index in [1.54, 1.807) is 0 Å². The Hall–Kier alpha value is -0.610. The molecule has 0 aromatic rings. The van der Waals surface area contributed by atoms with Crippen molar-refractivity contribution in [1.29, 1.82) is 0 Å². The zero-order chi connectivity index (χ0) is 13.4. The summed E-state index contributed by atoms with van der Waals surface area (Å²) in [7, 11) is 2.07. The van der Waals surface area contributed by atoms with Gasteiger partial charge in [0.15, 0.2) is 0 Å². The first-order chi connectivity index (χ1) is 8.67. The van der Waals surface area contributed by atoms with Gasteiger partial charge in [0.2, 0.25) is 5.91 Å². The summed E-state index contributed by atoms with van der Waals surface area (Å²) < 4.78 is 0. The number of nitrogens with zero attached hydrogens (tertiary/aromatic N) is 1. The highest BCUT2D eigenvalue weighted by atomic mass is 16.2. The number of carbonyl (C=O) groups excluding carboxylic acids is 1. The van der Waals surface area contributed by atoms with Crippen molar-refractivity contribution in [3.63, 3.8) is 0 Å². The molecule has 1 rings (SSSR count). The highest BCUT2D eigenvalue weighted by Gasteiger charge is 2.24. The van der Waals surface area contributed by atoms with E-state index in [4.69, 9.17) is 0 Å². The van der Waals surface area contributed by atoms with Gasteiger partial charge in [0.25, 0.3) is 0 Å². The number of nitrogens with one attached hydrogen (secondary N) is 2. The van der Waals surface area contributed by atoms with E-state index in [9.17, 15) is 4.79 Å². The monoisotopic (exact) mass is 255 g/mol. The quantitative estimate of drug-likeness (QED) is 0.722. The second kappa shape index (κ2) is 8.48. The Morgan fingerprint density at radius 2 is 1.89 bits per heavy atom. The highest BCUT2D eigenvalue weighted by molar-refractivity contribution is 5.77. The zero-order valence-corrected chi connectivity index (χ0v) is 12.2. The maximum atomic E-state index is 11.5. The molecule has 18 heavy (non-hydrogen) atoms.